The zero-order chi connectivity index (χ0) is 27.2. The van der Waals surface area contributed by atoms with Gasteiger partial charge in [0, 0.05) is 22.7 Å². The molecule has 0 radical (unpaired) electrons. The number of phenolic OH excluding ortho intramolecular Hbond substituents is 1. The molecule has 0 spiro atoms. The number of nitrogens with zero attached hydrogens (tertiary/aromatic N) is 2. The number of phenols is 1. The molecule has 196 valence electrons. The van der Waals surface area contributed by atoms with Crippen LogP contribution in [-0.2, 0) is 5.41 Å². The number of halogens is 6. The maximum atomic E-state index is 14.1. The second-order valence-electron chi connectivity index (χ2n) is 9.53. The lowest BCUT2D eigenvalue weighted by Crippen LogP contribution is -2.53. The van der Waals surface area contributed by atoms with Crippen molar-refractivity contribution in [2.45, 2.75) is 37.5 Å². The number of aromatic nitrogens is 2. The summed E-state index contributed by atoms with van der Waals surface area (Å²) in [6.07, 6.45) is -4.66. The molecular weight excluding hydrogens is 500 g/mol. The van der Waals surface area contributed by atoms with Gasteiger partial charge in [0.25, 0.3) is 0 Å². The van der Waals surface area contributed by atoms with Crippen molar-refractivity contribution in [2.24, 2.45) is 0 Å². The minimum Gasteiger partial charge on any atom is -0.508 e. The molecule has 4 rings (SSSR count). The summed E-state index contributed by atoms with van der Waals surface area (Å²) in [5, 5.41) is 28.0. The summed E-state index contributed by atoms with van der Waals surface area (Å²) in [4.78, 5) is 0. The maximum absolute atomic E-state index is 14.1. The van der Waals surface area contributed by atoms with Gasteiger partial charge in [-0.3, -0.25) is 0 Å². The number of nitrogens with one attached hydrogen (secondary N) is 1. The monoisotopic (exact) mass is 523 g/mol. The molecular formula is C26H23F6N3O2. The third-order valence-corrected chi connectivity index (χ3v) is 6.23. The van der Waals surface area contributed by atoms with E-state index in [1.54, 1.807) is 6.07 Å². The summed E-state index contributed by atoms with van der Waals surface area (Å²) in [6.45, 7) is 1.75. The summed E-state index contributed by atoms with van der Waals surface area (Å²) in [5.74, 6) is -2.78. The number of hydrogen-bond acceptors (Lipinski definition) is 4. The van der Waals surface area contributed by atoms with E-state index in [1.165, 1.54) is 36.9 Å². The Labute approximate surface area is 208 Å². The highest BCUT2D eigenvalue weighted by Crippen LogP contribution is 2.43. The second kappa shape index (κ2) is 9.29. The SMILES string of the molecule is CC(C)(CC(O)(CNc1cccc2c1cnn2-c1cc(F)cc(F)c1)C(F)(F)F)c1cc(F)ccc1O. The highest BCUT2D eigenvalue weighted by Gasteiger charge is 2.56. The Morgan fingerprint density at radius 2 is 1.59 bits per heavy atom. The van der Waals surface area contributed by atoms with Crippen LogP contribution >= 0.6 is 0 Å². The van der Waals surface area contributed by atoms with Gasteiger partial charge in [-0.2, -0.15) is 18.3 Å². The van der Waals surface area contributed by atoms with Crippen LogP contribution in [0.5, 0.6) is 5.75 Å². The fourth-order valence-electron chi connectivity index (χ4n) is 4.45. The van der Waals surface area contributed by atoms with Crippen molar-refractivity contribution in [3.05, 3.63) is 83.8 Å². The van der Waals surface area contributed by atoms with Gasteiger partial charge < -0.3 is 15.5 Å². The molecule has 4 aromatic rings. The van der Waals surface area contributed by atoms with Gasteiger partial charge >= 0.3 is 6.18 Å². The number of hydrogen-bond donors (Lipinski definition) is 3. The topological polar surface area (TPSA) is 70.3 Å². The largest absolute Gasteiger partial charge is 0.508 e. The molecule has 1 atom stereocenters. The van der Waals surface area contributed by atoms with Crippen molar-refractivity contribution < 1.29 is 36.6 Å². The third kappa shape index (κ3) is 5.22. The Hall–Kier alpha value is -3.73. The number of rotatable bonds is 7. The first-order chi connectivity index (χ1) is 17.2. The van der Waals surface area contributed by atoms with E-state index in [0.29, 0.717) is 17.0 Å². The molecule has 0 saturated heterocycles. The van der Waals surface area contributed by atoms with Gasteiger partial charge in [-0.1, -0.05) is 19.9 Å². The van der Waals surface area contributed by atoms with Crippen molar-refractivity contribution in [1.29, 1.82) is 0 Å². The molecule has 37 heavy (non-hydrogen) atoms. The Kier molecular flexibility index (Phi) is 6.61. The number of fused-ring (bicyclic) bond motifs is 1. The predicted molar refractivity (Wildman–Crippen MR) is 126 cm³/mol. The molecule has 0 saturated carbocycles. The van der Waals surface area contributed by atoms with E-state index in [-0.39, 0.29) is 16.9 Å². The maximum Gasteiger partial charge on any atom is 0.418 e. The normalized spacial score (nSPS) is 14.1. The van der Waals surface area contributed by atoms with E-state index in [0.717, 1.165) is 30.3 Å². The molecule has 1 aromatic heterocycles. The van der Waals surface area contributed by atoms with Crippen LogP contribution in [0.15, 0.2) is 60.8 Å². The van der Waals surface area contributed by atoms with Crippen LogP contribution in [0.4, 0.5) is 32.0 Å². The molecule has 0 bridgehead atoms. The second-order valence-corrected chi connectivity index (χ2v) is 9.53. The molecule has 1 unspecified atom stereocenters. The lowest BCUT2D eigenvalue weighted by molar-refractivity contribution is -0.260. The number of anilines is 1. The lowest BCUT2D eigenvalue weighted by Gasteiger charge is -2.38. The van der Waals surface area contributed by atoms with E-state index in [1.807, 2.05) is 0 Å². The minimum absolute atomic E-state index is 0.0769. The van der Waals surface area contributed by atoms with Gasteiger partial charge in [0.1, 0.15) is 23.2 Å². The molecule has 11 heteroatoms. The van der Waals surface area contributed by atoms with Crippen molar-refractivity contribution >= 4 is 16.6 Å². The van der Waals surface area contributed by atoms with Gasteiger partial charge in [-0.25, -0.2) is 17.9 Å². The van der Waals surface area contributed by atoms with Crippen LogP contribution in [0.1, 0.15) is 25.8 Å². The van der Waals surface area contributed by atoms with E-state index < -0.39 is 53.4 Å². The summed E-state index contributed by atoms with van der Waals surface area (Å²) in [7, 11) is 0. The zero-order valence-electron chi connectivity index (χ0n) is 19.7. The fraction of sp³-hybridized carbons (Fsp3) is 0.269. The van der Waals surface area contributed by atoms with Crippen molar-refractivity contribution in [3.8, 4) is 11.4 Å². The molecule has 1 heterocycles. The number of aliphatic hydroxyl groups is 1. The van der Waals surface area contributed by atoms with E-state index in [4.69, 9.17) is 0 Å². The first kappa shape index (κ1) is 26.3. The molecule has 0 fully saturated rings. The Balaban J connectivity index is 1.66. The van der Waals surface area contributed by atoms with Crippen molar-refractivity contribution in [3.63, 3.8) is 0 Å². The van der Waals surface area contributed by atoms with Crippen LogP contribution in [0.3, 0.4) is 0 Å². The van der Waals surface area contributed by atoms with Crippen LogP contribution in [0, 0.1) is 17.5 Å². The Morgan fingerprint density at radius 3 is 2.24 bits per heavy atom. The van der Waals surface area contributed by atoms with E-state index in [2.05, 4.69) is 10.4 Å². The highest BCUT2D eigenvalue weighted by molar-refractivity contribution is 5.92. The van der Waals surface area contributed by atoms with Gasteiger partial charge in [0.05, 0.1) is 23.9 Å². The minimum atomic E-state index is -5.09. The summed E-state index contributed by atoms with van der Waals surface area (Å²) >= 11 is 0. The average Bonchev–Trinajstić information content (AvgIpc) is 3.22. The van der Waals surface area contributed by atoms with Gasteiger partial charge in [-0.15, -0.1) is 0 Å². The number of benzene rings is 3. The first-order valence-electron chi connectivity index (χ1n) is 11.2. The molecule has 3 N–H and O–H groups in total. The Bertz CT molecular complexity index is 1430. The summed E-state index contributed by atoms with van der Waals surface area (Å²) < 4.78 is 84.8. The summed E-state index contributed by atoms with van der Waals surface area (Å²) in [5.41, 5.74) is -4.21. The van der Waals surface area contributed by atoms with Crippen molar-refractivity contribution in [1.82, 2.24) is 9.78 Å². The van der Waals surface area contributed by atoms with E-state index >= 15 is 0 Å². The first-order valence-corrected chi connectivity index (χ1v) is 11.2. The predicted octanol–water partition coefficient (Wildman–Crippen LogP) is 6.22. The van der Waals surface area contributed by atoms with Gasteiger partial charge in [0.2, 0.25) is 0 Å². The molecule has 0 amide bonds. The number of aromatic hydroxyl groups is 1. The van der Waals surface area contributed by atoms with Crippen molar-refractivity contribution in [2.75, 3.05) is 11.9 Å². The highest BCUT2D eigenvalue weighted by atomic mass is 19.4. The fourth-order valence-corrected chi connectivity index (χ4v) is 4.45. The van der Waals surface area contributed by atoms with Crippen LogP contribution in [-0.4, -0.2) is 38.3 Å². The Morgan fingerprint density at radius 1 is 0.919 bits per heavy atom. The standard InChI is InChI=1S/C26H23F6N3O2/c1-24(2,20-11-15(27)6-7-23(20)36)13-25(37,26(30,31)32)14-33-21-4-3-5-22-19(21)12-34-35(22)18-9-16(28)8-17(29)10-18/h3-12,33,36-37H,13-14H2,1-2H3. The molecule has 3 aromatic carbocycles. The molecule has 0 aliphatic rings. The van der Waals surface area contributed by atoms with Gasteiger partial charge in [0.15, 0.2) is 5.60 Å². The summed E-state index contributed by atoms with van der Waals surface area (Å²) in [6, 6.07) is 10.3. The average molecular weight is 523 g/mol. The van der Waals surface area contributed by atoms with Gasteiger partial charge in [-0.05, 0) is 54.3 Å². The quantitative estimate of drug-likeness (QED) is 0.252. The number of alkyl halides is 3. The van der Waals surface area contributed by atoms with E-state index in [9.17, 15) is 36.6 Å². The molecule has 0 aliphatic carbocycles. The van der Waals surface area contributed by atoms with Crippen LogP contribution < -0.4 is 5.32 Å². The lowest BCUT2D eigenvalue weighted by atomic mass is 9.74. The van der Waals surface area contributed by atoms with Crippen LogP contribution in [0.2, 0.25) is 0 Å². The molecule has 5 nitrogen and oxygen atoms in total. The third-order valence-electron chi connectivity index (χ3n) is 6.23. The zero-order valence-corrected chi connectivity index (χ0v) is 19.7. The van der Waals surface area contributed by atoms with Crippen LogP contribution in [0.25, 0.3) is 16.6 Å². The molecule has 0 aliphatic heterocycles. The smallest absolute Gasteiger partial charge is 0.418 e.